The summed E-state index contributed by atoms with van der Waals surface area (Å²) >= 11 is 12.0. The lowest BCUT2D eigenvalue weighted by atomic mass is 9.88. The monoisotopic (exact) mass is 496 g/mol. The van der Waals surface area contributed by atoms with Crippen LogP contribution < -0.4 is 9.88 Å². The molecule has 3 rings (SSSR count). The molecule has 0 aliphatic heterocycles. The highest BCUT2D eigenvalue weighted by molar-refractivity contribution is 7.81. The third-order valence-electron chi connectivity index (χ3n) is 5.59. The van der Waals surface area contributed by atoms with Crippen molar-refractivity contribution >= 4 is 51.6 Å². The number of anilines is 1. The van der Waals surface area contributed by atoms with Crippen LogP contribution in [0.25, 0.3) is 11.5 Å². The predicted molar refractivity (Wildman–Crippen MR) is 141 cm³/mol. The fourth-order valence-corrected chi connectivity index (χ4v) is 3.92. The van der Waals surface area contributed by atoms with Crippen LogP contribution in [0.2, 0.25) is 5.02 Å². The number of halogens is 1. The van der Waals surface area contributed by atoms with E-state index in [2.05, 4.69) is 26.1 Å². The summed E-state index contributed by atoms with van der Waals surface area (Å²) in [7, 11) is 0. The Morgan fingerprint density at radius 1 is 1.12 bits per heavy atom. The van der Waals surface area contributed by atoms with Gasteiger partial charge in [0, 0.05) is 40.0 Å². The first-order valence-electron chi connectivity index (χ1n) is 10.7. The van der Waals surface area contributed by atoms with Crippen molar-refractivity contribution in [3.8, 4) is 0 Å². The Kier molecular flexibility index (Phi) is 7.38. The van der Waals surface area contributed by atoms with E-state index in [-0.39, 0.29) is 33.1 Å². The maximum absolute atomic E-state index is 11.5. The highest BCUT2D eigenvalue weighted by atomic mass is 35.5. The van der Waals surface area contributed by atoms with Gasteiger partial charge in [-0.2, -0.15) is 4.57 Å². The Bertz CT molecular complexity index is 1300. The molecule has 1 heterocycles. The first-order valence-corrected chi connectivity index (χ1v) is 11.5. The maximum Gasteiger partial charge on any atom is 0.288 e. The Labute approximate surface area is 209 Å². The molecule has 3 aromatic rings. The van der Waals surface area contributed by atoms with Gasteiger partial charge in [-0.25, -0.2) is 0 Å². The first kappa shape index (κ1) is 25.3. The molecule has 6 nitrogen and oxygen atoms in total. The number of aliphatic hydroxyl groups excluding tert-OH is 1. The molecule has 0 saturated heterocycles. The molecule has 176 valence electrons. The van der Waals surface area contributed by atoms with Crippen LogP contribution in [0.4, 0.5) is 11.4 Å². The van der Waals surface area contributed by atoms with Gasteiger partial charge in [-0.15, -0.1) is 0 Å². The molecule has 0 radical (unpaired) electrons. The highest BCUT2D eigenvalue weighted by Crippen LogP contribution is 2.28. The van der Waals surface area contributed by atoms with Gasteiger partial charge >= 0.3 is 0 Å². The molecule has 8 heteroatoms. The molecule has 0 bridgehead atoms. The van der Waals surface area contributed by atoms with E-state index in [0.717, 1.165) is 11.1 Å². The average molecular weight is 497 g/mol. The van der Waals surface area contributed by atoms with Gasteiger partial charge < -0.3 is 10.4 Å². The standard InChI is InChI=1S/C26H26ClN3O3S/c1-16-9-10-18(15-22(16)30(32)33)24(31)23(29-13-11-19(12-14-29)26(3,4)5)25(34)28-21-8-6-7-20(27)17(21)2/h6-15H,1-5H3,(H-,28,31,34)/p+1. The second-order valence-corrected chi connectivity index (χ2v) is 9.88. The summed E-state index contributed by atoms with van der Waals surface area (Å²) in [5.74, 6) is -0.186. The third-order valence-corrected chi connectivity index (χ3v) is 6.29. The average Bonchev–Trinajstić information content (AvgIpc) is 2.77. The molecule has 0 amide bonds. The molecule has 0 saturated carbocycles. The minimum atomic E-state index is -0.469. The number of pyridine rings is 1. The quantitative estimate of drug-likeness (QED) is 0.102. The molecule has 0 atom stereocenters. The summed E-state index contributed by atoms with van der Waals surface area (Å²) in [6.07, 6.45) is 3.63. The van der Waals surface area contributed by atoms with E-state index in [4.69, 9.17) is 23.8 Å². The number of aliphatic hydroxyl groups is 1. The number of thiocarbonyl (C=S) groups is 1. The first-order chi connectivity index (χ1) is 15.9. The van der Waals surface area contributed by atoms with Gasteiger partial charge in [0.05, 0.1) is 4.92 Å². The van der Waals surface area contributed by atoms with E-state index in [9.17, 15) is 15.2 Å². The van der Waals surface area contributed by atoms with Crippen molar-refractivity contribution < 1.29 is 14.6 Å². The zero-order valence-corrected chi connectivity index (χ0v) is 21.3. The number of hydrogen-bond donors (Lipinski definition) is 2. The molecule has 2 aromatic carbocycles. The highest BCUT2D eigenvalue weighted by Gasteiger charge is 2.27. The van der Waals surface area contributed by atoms with Gasteiger partial charge in [-0.05, 0) is 42.5 Å². The topological polar surface area (TPSA) is 79.3 Å². The van der Waals surface area contributed by atoms with E-state index < -0.39 is 4.92 Å². The van der Waals surface area contributed by atoms with Crippen LogP contribution in [-0.2, 0) is 5.41 Å². The van der Waals surface area contributed by atoms with Crippen LogP contribution in [0.1, 0.15) is 43.0 Å². The van der Waals surface area contributed by atoms with E-state index in [0.29, 0.717) is 16.3 Å². The number of aryl methyl sites for hydroxylation is 1. The van der Waals surface area contributed by atoms with Crippen molar-refractivity contribution in [2.24, 2.45) is 0 Å². The van der Waals surface area contributed by atoms with Gasteiger partial charge in [-0.3, -0.25) is 10.1 Å². The summed E-state index contributed by atoms with van der Waals surface area (Å²) in [4.78, 5) is 11.2. The smallest absolute Gasteiger partial charge is 0.288 e. The van der Waals surface area contributed by atoms with Crippen molar-refractivity contribution in [2.45, 2.75) is 40.0 Å². The summed E-state index contributed by atoms with van der Waals surface area (Å²) in [6, 6.07) is 13.9. The molecule has 34 heavy (non-hydrogen) atoms. The molecule has 0 unspecified atom stereocenters. The lowest BCUT2D eigenvalue weighted by Crippen LogP contribution is -2.39. The molecule has 0 aliphatic carbocycles. The van der Waals surface area contributed by atoms with Crippen LogP contribution in [0.5, 0.6) is 0 Å². The van der Waals surface area contributed by atoms with Crippen molar-refractivity contribution in [1.82, 2.24) is 0 Å². The van der Waals surface area contributed by atoms with Gasteiger partial charge in [0.1, 0.15) is 0 Å². The Morgan fingerprint density at radius 3 is 2.35 bits per heavy atom. The molecular formula is C26H27ClN3O3S+. The molecule has 0 fully saturated rings. The lowest BCUT2D eigenvalue weighted by molar-refractivity contribution is -0.575. The Balaban J connectivity index is 2.17. The van der Waals surface area contributed by atoms with Crippen molar-refractivity contribution in [3.05, 3.63) is 98.3 Å². The van der Waals surface area contributed by atoms with Crippen molar-refractivity contribution in [1.29, 1.82) is 0 Å². The van der Waals surface area contributed by atoms with Crippen LogP contribution >= 0.6 is 23.8 Å². The Hall–Kier alpha value is -3.29. The maximum atomic E-state index is 11.5. The number of nitrogens with one attached hydrogen (secondary N) is 1. The van der Waals surface area contributed by atoms with Crippen LogP contribution in [0.15, 0.2) is 60.9 Å². The number of benzene rings is 2. The van der Waals surface area contributed by atoms with E-state index in [1.54, 1.807) is 35.8 Å². The second kappa shape index (κ2) is 9.91. The zero-order valence-electron chi connectivity index (χ0n) is 19.7. The number of nitro benzene ring substituents is 1. The van der Waals surface area contributed by atoms with Crippen molar-refractivity contribution in [2.75, 3.05) is 5.32 Å². The normalized spacial score (nSPS) is 12.2. The number of aromatic nitrogens is 1. The van der Waals surface area contributed by atoms with E-state index in [1.165, 1.54) is 6.07 Å². The number of rotatable bonds is 5. The minimum Gasteiger partial charge on any atom is -0.502 e. The number of hydrogen-bond acceptors (Lipinski definition) is 4. The summed E-state index contributed by atoms with van der Waals surface area (Å²) in [5.41, 5.74) is 3.55. The number of nitrogens with zero attached hydrogens (tertiary/aromatic N) is 2. The van der Waals surface area contributed by atoms with E-state index >= 15 is 0 Å². The van der Waals surface area contributed by atoms with Crippen LogP contribution in [0, 0.1) is 24.0 Å². The van der Waals surface area contributed by atoms with Gasteiger partial charge in [-0.1, -0.05) is 62.8 Å². The van der Waals surface area contributed by atoms with Crippen LogP contribution in [0.3, 0.4) is 0 Å². The predicted octanol–water partition coefficient (Wildman–Crippen LogP) is 6.77. The minimum absolute atomic E-state index is 0.0563. The SMILES string of the molecule is Cc1ccc(/C(O)=C(/C(=S)Nc2cccc(Cl)c2C)[n+]2ccc(C(C)(C)C)cc2)cc1[N+](=O)[O-]. The molecule has 2 N–H and O–H groups in total. The summed E-state index contributed by atoms with van der Waals surface area (Å²) in [5, 5.41) is 26.5. The second-order valence-electron chi connectivity index (χ2n) is 9.07. The molecule has 0 spiro atoms. The summed E-state index contributed by atoms with van der Waals surface area (Å²) < 4.78 is 1.70. The Morgan fingerprint density at radius 2 is 1.76 bits per heavy atom. The molecule has 0 aliphatic rings. The van der Waals surface area contributed by atoms with E-state index in [1.807, 2.05) is 37.5 Å². The van der Waals surface area contributed by atoms with Gasteiger partial charge in [0.15, 0.2) is 23.1 Å². The zero-order chi connectivity index (χ0) is 25.2. The summed E-state index contributed by atoms with van der Waals surface area (Å²) in [6.45, 7) is 9.85. The van der Waals surface area contributed by atoms with Gasteiger partial charge in [0.2, 0.25) is 0 Å². The number of nitro groups is 1. The fraction of sp³-hybridized carbons (Fsp3) is 0.231. The third kappa shape index (κ3) is 5.43. The molecule has 1 aromatic heterocycles. The fourth-order valence-electron chi connectivity index (χ4n) is 3.44. The largest absolute Gasteiger partial charge is 0.502 e. The molecular weight excluding hydrogens is 470 g/mol. The van der Waals surface area contributed by atoms with Gasteiger partial charge in [0.25, 0.3) is 11.4 Å². The lowest BCUT2D eigenvalue weighted by Gasteiger charge is -2.18. The van der Waals surface area contributed by atoms with Crippen LogP contribution in [-0.4, -0.2) is 15.0 Å². The van der Waals surface area contributed by atoms with Crippen molar-refractivity contribution in [3.63, 3.8) is 0 Å².